The second-order valence-corrected chi connectivity index (χ2v) is 8.64. The van der Waals surface area contributed by atoms with Crippen LogP contribution in [0, 0.1) is 5.92 Å². The van der Waals surface area contributed by atoms with Gasteiger partial charge < -0.3 is 20.7 Å². The van der Waals surface area contributed by atoms with Gasteiger partial charge in [0.15, 0.2) is 11.6 Å². The molecule has 0 bridgehead atoms. The van der Waals surface area contributed by atoms with E-state index in [0.29, 0.717) is 17.4 Å². The van der Waals surface area contributed by atoms with Crippen molar-refractivity contribution >= 4 is 23.0 Å². The predicted octanol–water partition coefficient (Wildman–Crippen LogP) is 6.05. The maximum absolute atomic E-state index is 6.50. The third-order valence-electron chi connectivity index (χ3n) is 6.24. The molecule has 0 unspecified atom stereocenters. The third kappa shape index (κ3) is 5.29. The van der Waals surface area contributed by atoms with Crippen LogP contribution in [-0.2, 0) is 6.42 Å². The number of rotatable bonds is 7. The minimum absolute atomic E-state index is 0.577. The molecule has 5 rings (SSSR count). The Morgan fingerprint density at radius 3 is 2.18 bits per heavy atom. The smallest absolute Gasteiger partial charge is 0.159 e. The number of benzene rings is 3. The fourth-order valence-electron chi connectivity index (χ4n) is 4.40. The molecule has 1 fully saturated rings. The monoisotopic (exact) mass is 451 g/mol. The van der Waals surface area contributed by atoms with Crippen molar-refractivity contribution in [2.45, 2.75) is 19.3 Å². The zero-order chi connectivity index (χ0) is 23.2. The molecule has 1 aliphatic heterocycles. The van der Waals surface area contributed by atoms with Crippen LogP contribution < -0.4 is 20.7 Å². The van der Waals surface area contributed by atoms with E-state index in [1.165, 1.54) is 5.56 Å². The SMILES string of the molecule is Nc1c(Nc2ccc(Oc3ccccc3)cc2)ncnc1N1CCC(Cc2ccccc2)CC1. The van der Waals surface area contributed by atoms with Gasteiger partial charge in [-0.05, 0) is 67.1 Å². The molecular weight excluding hydrogens is 422 g/mol. The molecule has 1 aromatic heterocycles. The summed E-state index contributed by atoms with van der Waals surface area (Å²) in [5.41, 5.74) is 9.37. The van der Waals surface area contributed by atoms with Crippen molar-refractivity contribution < 1.29 is 4.74 Å². The Labute approximate surface area is 200 Å². The molecule has 3 aromatic carbocycles. The van der Waals surface area contributed by atoms with Crippen LogP contribution in [-0.4, -0.2) is 23.1 Å². The molecule has 2 heterocycles. The second kappa shape index (κ2) is 10.3. The summed E-state index contributed by atoms with van der Waals surface area (Å²) in [7, 11) is 0. The lowest BCUT2D eigenvalue weighted by molar-refractivity contribution is 0.402. The molecule has 0 aliphatic carbocycles. The number of para-hydroxylation sites is 1. The van der Waals surface area contributed by atoms with Gasteiger partial charge >= 0.3 is 0 Å². The highest BCUT2D eigenvalue weighted by atomic mass is 16.5. The topological polar surface area (TPSA) is 76.3 Å². The molecule has 34 heavy (non-hydrogen) atoms. The van der Waals surface area contributed by atoms with Gasteiger partial charge in [-0.3, -0.25) is 0 Å². The zero-order valence-electron chi connectivity index (χ0n) is 19.1. The molecule has 0 amide bonds. The first-order valence-corrected chi connectivity index (χ1v) is 11.7. The average molecular weight is 452 g/mol. The number of aromatic nitrogens is 2. The van der Waals surface area contributed by atoms with Gasteiger partial charge in [0.2, 0.25) is 0 Å². The van der Waals surface area contributed by atoms with E-state index in [1.807, 2.05) is 54.6 Å². The fourth-order valence-corrected chi connectivity index (χ4v) is 4.40. The number of hydrogen-bond donors (Lipinski definition) is 2. The van der Waals surface area contributed by atoms with Crippen LogP contribution in [0.15, 0.2) is 91.3 Å². The highest BCUT2D eigenvalue weighted by Gasteiger charge is 2.23. The lowest BCUT2D eigenvalue weighted by Gasteiger charge is -2.33. The Kier molecular flexibility index (Phi) is 6.56. The third-order valence-corrected chi connectivity index (χ3v) is 6.24. The average Bonchev–Trinajstić information content (AvgIpc) is 2.88. The van der Waals surface area contributed by atoms with E-state index in [4.69, 9.17) is 10.5 Å². The molecule has 0 spiro atoms. The first kappa shape index (κ1) is 21.8. The Morgan fingerprint density at radius 2 is 1.47 bits per heavy atom. The Balaban J connectivity index is 1.21. The van der Waals surface area contributed by atoms with Crippen molar-refractivity contribution in [2.24, 2.45) is 5.92 Å². The standard InChI is InChI=1S/C28H29N5O/c29-26-27(32-23-11-13-25(14-12-23)34-24-9-5-2-6-10-24)30-20-31-28(26)33-17-15-22(16-18-33)19-21-7-3-1-4-8-21/h1-14,20,22H,15-19,29H2,(H,30,31,32). The van der Waals surface area contributed by atoms with Gasteiger partial charge in [0.1, 0.15) is 23.5 Å². The van der Waals surface area contributed by atoms with E-state index in [-0.39, 0.29) is 0 Å². The summed E-state index contributed by atoms with van der Waals surface area (Å²) in [4.78, 5) is 11.2. The second-order valence-electron chi connectivity index (χ2n) is 8.64. The molecule has 1 aliphatic rings. The molecule has 0 radical (unpaired) electrons. The van der Waals surface area contributed by atoms with Gasteiger partial charge in [-0.15, -0.1) is 0 Å². The normalized spacial score (nSPS) is 14.1. The van der Waals surface area contributed by atoms with Crippen molar-refractivity contribution in [3.8, 4) is 11.5 Å². The maximum atomic E-state index is 6.50. The summed E-state index contributed by atoms with van der Waals surface area (Å²) in [6, 6.07) is 28.2. The fraction of sp³-hybridized carbons (Fsp3) is 0.214. The van der Waals surface area contributed by atoms with Gasteiger partial charge in [0.25, 0.3) is 0 Å². The number of hydrogen-bond acceptors (Lipinski definition) is 6. The van der Waals surface area contributed by atoms with Gasteiger partial charge in [0.05, 0.1) is 0 Å². The maximum Gasteiger partial charge on any atom is 0.159 e. The van der Waals surface area contributed by atoms with Crippen molar-refractivity contribution in [1.29, 1.82) is 0 Å². The van der Waals surface area contributed by atoms with E-state index in [9.17, 15) is 0 Å². The van der Waals surface area contributed by atoms with Crippen molar-refractivity contribution in [2.75, 3.05) is 29.0 Å². The Hall–Kier alpha value is -4.06. The van der Waals surface area contributed by atoms with E-state index in [0.717, 1.165) is 55.4 Å². The molecule has 172 valence electrons. The molecule has 3 N–H and O–H groups in total. The number of nitrogens with zero attached hydrogens (tertiary/aromatic N) is 3. The van der Waals surface area contributed by atoms with Crippen LogP contribution in [0.25, 0.3) is 0 Å². The lowest BCUT2D eigenvalue weighted by atomic mass is 9.90. The van der Waals surface area contributed by atoms with Crippen LogP contribution in [0.1, 0.15) is 18.4 Å². The molecule has 0 saturated carbocycles. The largest absolute Gasteiger partial charge is 0.457 e. The first-order valence-electron chi connectivity index (χ1n) is 11.7. The summed E-state index contributed by atoms with van der Waals surface area (Å²) in [5, 5.41) is 3.33. The van der Waals surface area contributed by atoms with Crippen molar-refractivity contribution in [1.82, 2.24) is 9.97 Å². The molecule has 6 heteroatoms. The van der Waals surface area contributed by atoms with Crippen LogP contribution in [0.4, 0.5) is 23.0 Å². The molecule has 6 nitrogen and oxygen atoms in total. The van der Waals surface area contributed by atoms with Crippen LogP contribution in [0.2, 0.25) is 0 Å². The summed E-state index contributed by atoms with van der Waals surface area (Å²) >= 11 is 0. The lowest BCUT2D eigenvalue weighted by Crippen LogP contribution is -2.35. The van der Waals surface area contributed by atoms with Crippen molar-refractivity contribution in [3.05, 3.63) is 96.8 Å². The highest BCUT2D eigenvalue weighted by molar-refractivity contribution is 5.78. The minimum Gasteiger partial charge on any atom is -0.457 e. The van der Waals surface area contributed by atoms with Crippen LogP contribution in [0.3, 0.4) is 0 Å². The molecular formula is C28H29N5O. The zero-order valence-corrected chi connectivity index (χ0v) is 19.1. The quantitative estimate of drug-likeness (QED) is 0.356. The first-order chi connectivity index (χ1) is 16.7. The summed E-state index contributed by atoms with van der Waals surface area (Å²) < 4.78 is 5.87. The van der Waals surface area contributed by atoms with Gasteiger partial charge in [-0.1, -0.05) is 48.5 Å². The van der Waals surface area contributed by atoms with E-state index in [1.54, 1.807) is 6.33 Å². The summed E-state index contributed by atoms with van der Waals surface area (Å²) in [6.07, 6.45) is 4.97. The summed E-state index contributed by atoms with van der Waals surface area (Å²) in [5.74, 6) is 3.69. The van der Waals surface area contributed by atoms with Crippen LogP contribution >= 0.6 is 0 Å². The van der Waals surface area contributed by atoms with Gasteiger partial charge in [-0.2, -0.15) is 0 Å². The summed E-state index contributed by atoms with van der Waals surface area (Å²) in [6.45, 7) is 1.90. The number of anilines is 4. The Bertz CT molecular complexity index is 1190. The molecule has 0 atom stereocenters. The van der Waals surface area contributed by atoms with Crippen LogP contribution in [0.5, 0.6) is 11.5 Å². The highest BCUT2D eigenvalue weighted by Crippen LogP contribution is 2.32. The van der Waals surface area contributed by atoms with Gasteiger partial charge in [-0.25, -0.2) is 9.97 Å². The number of ether oxygens (including phenoxy) is 1. The number of nitrogens with one attached hydrogen (secondary N) is 1. The Morgan fingerprint density at radius 1 is 0.824 bits per heavy atom. The van der Waals surface area contributed by atoms with Gasteiger partial charge in [0, 0.05) is 18.8 Å². The predicted molar refractivity (Wildman–Crippen MR) is 138 cm³/mol. The number of piperidine rings is 1. The van der Waals surface area contributed by atoms with E-state index < -0.39 is 0 Å². The van der Waals surface area contributed by atoms with Crippen molar-refractivity contribution in [3.63, 3.8) is 0 Å². The number of nitrogen functional groups attached to an aromatic ring is 1. The van der Waals surface area contributed by atoms with E-state index in [2.05, 4.69) is 50.5 Å². The number of nitrogens with two attached hydrogens (primary N) is 1. The molecule has 1 saturated heterocycles. The minimum atomic E-state index is 0.577. The van der Waals surface area contributed by atoms with E-state index >= 15 is 0 Å². The molecule has 4 aromatic rings.